The van der Waals surface area contributed by atoms with Gasteiger partial charge < -0.3 is 10.2 Å². The first-order chi connectivity index (χ1) is 14.5. The summed E-state index contributed by atoms with van der Waals surface area (Å²) >= 11 is 0. The Hall–Kier alpha value is -2.44. The largest absolute Gasteiger partial charge is 0.417 e. The molecule has 1 amide bonds. The van der Waals surface area contributed by atoms with Gasteiger partial charge in [0.15, 0.2) is 0 Å². The summed E-state index contributed by atoms with van der Waals surface area (Å²) < 4.78 is 80.1. The van der Waals surface area contributed by atoms with Crippen LogP contribution in [0.5, 0.6) is 0 Å². The average Bonchev–Trinajstić information content (AvgIpc) is 2.69. The number of halogens is 6. The number of alkyl halides is 6. The van der Waals surface area contributed by atoms with Crippen LogP contribution in [0.1, 0.15) is 63.0 Å². The summed E-state index contributed by atoms with van der Waals surface area (Å²) in [5, 5.41) is 11.7. The third-order valence-corrected chi connectivity index (χ3v) is 5.30. The molecule has 0 spiro atoms. The molecule has 1 aromatic carbocycles. The van der Waals surface area contributed by atoms with E-state index in [1.807, 2.05) is 0 Å². The van der Waals surface area contributed by atoms with Crippen LogP contribution in [0, 0.1) is 11.3 Å². The highest BCUT2D eigenvalue weighted by atomic mass is 19.4. The summed E-state index contributed by atoms with van der Waals surface area (Å²) in [5.41, 5.74) is -2.43. The quantitative estimate of drug-likeness (QED) is 0.555. The van der Waals surface area contributed by atoms with Crippen molar-refractivity contribution in [1.82, 2.24) is 5.32 Å². The molecular formula is C21H25F6N3O. The molecule has 4 nitrogen and oxygen atoms in total. The molecule has 0 bridgehead atoms. The molecule has 0 radical (unpaired) electrons. The van der Waals surface area contributed by atoms with Crippen molar-refractivity contribution in [3.8, 4) is 6.07 Å². The highest BCUT2D eigenvalue weighted by Gasteiger charge is 2.39. The minimum absolute atomic E-state index is 0.0377. The van der Waals surface area contributed by atoms with Crippen LogP contribution in [-0.4, -0.2) is 30.7 Å². The second kappa shape index (κ2) is 10.2. The van der Waals surface area contributed by atoms with Gasteiger partial charge >= 0.3 is 12.4 Å². The van der Waals surface area contributed by atoms with Crippen LogP contribution in [0.3, 0.4) is 0 Å². The highest BCUT2D eigenvalue weighted by molar-refractivity contribution is 5.85. The fraction of sp³-hybridized carbons (Fsp3) is 0.619. The van der Waals surface area contributed by atoms with Crippen molar-refractivity contribution in [3.63, 3.8) is 0 Å². The van der Waals surface area contributed by atoms with Crippen molar-refractivity contribution >= 4 is 11.6 Å². The second-order valence-corrected chi connectivity index (χ2v) is 7.73. The van der Waals surface area contributed by atoms with Crippen LogP contribution >= 0.6 is 0 Å². The molecule has 1 aliphatic rings. The molecule has 0 aliphatic heterocycles. The van der Waals surface area contributed by atoms with Gasteiger partial charge in [-0.2, -0.15) is 31.6 Å². The zero-order valence-corrected chi connectivity index (χ0v) is 17.1. The minimum Gasteiger partial charge on any atom is -0.352 e. The first kappa shape index (κ1) is 24.8. The van der Waals surface area contributed by atoms with Crippen LogP contribution in [0.2, 0.25) is 0 Å². The highest BCUT2D eigenvalue weighted by Crippen LogP contribution is 2.36. The van der Waals surface area contributed by atoms with Crippen molar-refractivity contribution in [2.75, 3.05) is 11.4 Å². The molecule has 31 heavy (non-hydrogen) atoms. The van der Waals surface area contributed by atoms with E-state index in [1.54, 1.807) is 6.92 Å². The number of benzene rings is 1. The zero-order chi connectivity index (χ0) is 23.2. The van der Waals surface area contributed by atoms with Crippen LogP contribution in [0.15, 0.2) is 18.2 Å². The van der Waals surface area contributed by atoms with E-state index in [1.165, 1.54) is 6.07 Å². The topological polar surface area (TPSA) is 56.1 Å². The monoisotopic (exact) mass is 449 g/mol. The molecule has 1 atom stereocenters. The molecule has 172 valence electrons. The molecule has 1 unspecified atom stereocenters. The molecule has 1 fully saturated rings. The number of anilines is 1. The van der Waals surface area contributed by atoms with Gasteiger partial charge in [-0.15, -0.1) is 0 Å². The standard InChI is InChI=1S/C21H25F6N3O/c1-2-6-18(19(31)29-15-7-4-3-5-8-15)30(13-20(22,23)24)16-10-9-14(12-28)17(11-16)21(25,26)27/h9-11,15,18H,2-8,13H2,1H3,(H,29,31). The lowest BCUT2D eigenvalue weighted by Gasteiger charge is -2.35. The number of hydrogen-bond donors (Lipinski definition) is 1. The minimum atomic E-state index is -4.92. The molecule has 1 saturated carbocycles. The molecule has 1 N–H and O–H groups in total. The van der Waals surface area contributed by atoms with Crippen molar-refractivity contribution in [2.45, 2.75) is 76.3 Å². The van der Waals surface area contributed by atoms with Gasteiger partial charge in [0.1, 0.15) is 12.6 Å². The number of hydrogen-bond acceptors (Lipinski definition) is 3. The third kappa shape index (κ3) is 7.04. The van der Waals surface area contributed by atoms with E-state index in [9.17, 15) is 31.1 Å². The number of amides is 1. The van der Waals surface area contributed by atoms with Gasteiger partial charge in [-0.05, 0) is 37.5 Å². The Kier molecular flexibility index (Phi) is 8.21. The molecule has 1 aliphatic carbocycles. The second-order valence-electron chi connectivity index (χ2n) is 7.73. The fourth-order valence-electron chi connectivity index (χ4n) is 3.86. The number of carbonyl (C=O) groups excluding carboxylic acids is 1. The summed E-state index contributed by atoms with van der Waals surface area (Å²) in [4.78, 5) is 13.6. The molecular weight excluding hydrogens is 424 g/mol. The molecule has 0 aromatic heterocycles. The number of nitriles is 1. The van der Waals surface area contributed by atoms with Gasteiger partial charge in [0, 0.05) is 11.7 Å². The first-order valence-corrected chi connectivity index (χ1v) is 10.2. The fourth-order valence-corrected chi connectivity index (χ4v) is 3.86. The van der Waals surface area contributed by atoms with Crippen LogP contribution < -0.4 is 10.2 Å². The smallest absolute Gasteiger partial charge is 0.352 e. The van der Waals surface area contributed by atoms with Crippen LogP contribution in [0.25, 0.3) is 0 Å². The van der Waals surface area contributed by atoms with Gasteiger partial charge in [0.05, 0.1) is 17.2 Å². The maximum atomic E-state index is 13.4. The molecule has 1 aromatic rings. The molecule has 2 rings (SSSR count). The molecule has 0 heterocycles. The Morgan fingerprint density at radius 3 is 2.35 bits per heavy atom. The summed E-state index contributed by atoms with van der Waals surface area (Å²) in [5.74, 6) is -0.629. The maximum Gasteiger partial charge on any atom is 0.417 e. The van der Waals surface area contributed by atoms with E-state index in [0.717, 1.165) is 44.2 Å². The number of nitrogens with one attached hydrogen (secondary N) is 1. The SMILES string of the molecule is CCCC(C(=O)NC1CCCCC1)N(CC(F)(F)F)c1ccc(C#N)c(C(F)(F)F)c1. The van der Waals surface area contributed by atoms with E-state index in [2.05, 4.69) is 5.32 Å². The Balaban J connectivity index is 2.44. The lowest BCUT2D eigenvalue weighted by molar-refractivity contribution is -0.137. The van der Waals surface area contributed by atoms with Gasteiger partial charge in [-0.25, -0.2) is 0 Å². The van der Waals surface area contributed by atoms with Crippen LogP contribution in [0.4, 0.5) is 32.0 Å². The Bertz CT molecular complexity index is 794. The lowest BCUT2D eigenvalue weighted by Crippen LogP contribution is -2.52. The Labute approximate surface area is 177 Å². The predicted molar refractivity (Wildman–Crippen MR) is 103 cm³/mol. The van der Waals surface area contributed by atoms with Crippen LogP contribution in [-0.2, 0) is 11.0 Å². The van der Waals surface area contributed by atoms with Crippen molar-refractivity contribution in [2.24, 2.45) is 0 Å². The molecule has 10 heteroatoms. The van der Waals surface area contributed by atoms with Gasteiger partial charge in [0.25, 0.3) is 0 Å². The first-order valence-electron chi connectivity index (χ1n) is 10.2. The summed E-state index contributed by atoms with van der Waals surface area (Å²) in [6, 6.07) is 2.34. The Morgan fingerprint density at radius 1 is 1.19 bits per heavy atom. The van der Waals surface area contributed by atoms with Gasteiger partial charge in [-0.3, -0.25) is 4.79 Å². The number of rotatable bonds is 7. The number of carbonyl (C=O) groups is 1. The van der Waals surface area contributed by atoms with Crippen molar-refractivity contribution in [3.05, 3.63) is 29.3 Å². The summed E-state index contributed by atoms with van der Waals surface area (Å²) in [6.45, 7) is 0.103. The van der Waals surface area contributed by atoms with E-state index in [4.69, 9.17) is 5.26 Å². The predicted octanol–water partition coefficient (Wildman–Crippen LogP) is 5.56. The summed E-state index contributed by atoms with van der Waals surface area (Å²) in [6.07, 6.45) is -5.00. The van der Waals surface area contributed by atoms with Crippen molar-refractivity contribution in [1.29, 1.82) is 5.26 Å². The number of nitrogens with zero attached hydrogens (tertiary/aromatic N) is 2. The van der Waals surface area contributed by atoms with E-state index >= 15 is 0 Å². The van der Waals surface area contributed by atoms with Crippen molar-refractivity contribution < 1.29 is 31.1 Å². The van der Waals surface area contributed by atoms with E-state index in [-0.39, 0.29) is 12.5 Å². The maximum absolute atomic E-state index is 13.4. The van der Waals surface area contributed by atoms with Gasteiger partial charge in [-0.1, -0.05) is 32.6 Å². The van der Waals surface area contributed by atoms with Gasteiger partial charge in [0.2, 0.25) is 5.91 Å². The van der Waals surface area contributed by atoms with E-state index < -0.39 is 47.7 Å². The Morgan fingerprint density at radius 2 is 1.84 bits per heavy atom. The average molecular weight is 449 g/mol. The summed E-state index contributed by atoms with van der Waals surface area (Å²) in [7, 11) is 0. The zero-order valence-electron chi connectivity index (χ0n) is 17.1. The third-order valence-electron chi connectivity index (χ3n) is 5.30. The lowest BCUT2D eigenvalue weighted by atomic mass is 9.95. The normalized spacial score (nSPS) is 16.5. The van der Waals surface area contributed by atoms with E-state index in [0.29, 0.717) is 17.4 Å². The molecule has 0 saturated heterocycles.